The number of nitrogen functional groups attached to an aromatic ring is 1. The van der Waals surface area contributed by atoms with E-state index in [1.165, 1.54) is 32.1 Å². The summed E-state index contributed by atoms with van der Waals surface area (Å²) < 4.78 is 14.7. The van der Waals surface area contributed by atoms with Crippen LogP contribution in [0.4, 0.5) is 5.82 Å². The minimum atomic E-state index is 0.498. The van der Waals surface area contributed by atoms with Crippen molar-refractivity contribution in [3.8, 4) is 0 Å². The van der Waals surface area contributed by atoms with Crippen molar-refractivity contribution < 1.29 is 4.74 Å². The fourth-order valence-corrected chi connectivity index (χ4v) is 5.13. The Morgan fingerprint density at radius 1 is 1.16 bits per heavy atom. The lowest BCUT2D eigenvalue weighted by molar-refractivity contribution is 0.199. The number of hydrogen-bond donors (Lipinski definition) is 3. The van der Waals surface area contributed by atoms with Gasteiger partial charge in [0.1, 0.15) is 11.3 Å². The first-order chi connectivity index (χ1) is 15.3. The molecule has 0 aliphatic heterocycles. The molecule has 0 amide bonds. The van der Waals surface area contributed by atoms with E-state index in [0.29, 0.717) is 18.5 Å². The van der Waals surface area contributed by atoms with Gasteiger partial charge in [-0.2, -0.15) is 0 Å². The van der Waals surface area contributed by atoms with Gasteiger partial charge in [0, 0.05) is 50.2 Å². The highest BCUT2D eigenvalue weighted by Crippen LogP contribution is 2.29. The maximum atomic E-state index is 6.27. The number of nitrogens with two attached hydrogens (primary N) is 1. The number of para-hydroxylation sites is 1. The number of hydrogen-bond acceptors (Lipinski definition) is 7. The van der Waals surface area contributed by atoms with Gasteiger partial charge in [-0.3, -0.25) is 4.72 Å². The molecule has 1 saturated carbocycles. The number of aromatic nitrogens is 3. The highest BCUT2D eigenvalue weighted by atomic mass is 32.2. The van der Waals surface area contributed by atoms with Gasteiger partial charge in [-0.15, -0.1) is 0 Å². The predicted molar refractivity (Wildman–Crippen MR) is 130 cm³/mol. The van der Waals surface area contributed by atoms with Crippen molar-refractivity contribution in [3.05, 3.63) is 30.1 Å². The van der Waals surface area contributed by atoms with Crippen LogP contribution in [-0.4, -0.2) is 40.8 Å². The molecule has 1 aliphatic rings. The Kier molecular flexibility index (Phi) is 8.02. The Labute approximate surface area is 188 Å². The van der Waals surface area contributed by atoms with Gasteiger partial charge >= 0.3 is 0 Å². The molecule has 0 atom stereocenters. The molecule has 2 heterocycles. The Morgan fingerprint density at radius 3 is 2.84 bits per heavy atom. The first kappa shape index (κ1) is 22.3. The van der Waals surface area contributed by atoms with E-state index in [4.69, 9.17) is 15.5 Å². The molecule has 8 heteroatoms. The zero-order chi connectivity index (χ0) is 21.5. The molecule has 0 radical (unpaired) electrons. The highest BCUT2D eigenvalue weighted by molar-refractivity contribution is 7.95. The summed E-state index contributed by atoms with van der Waals surface area (Å²) in [6, 6.07) is 8.83. The van der Waals surface area contributed by atoms with Crippen LogP contribution in [0.2, 0.25) is 0 Å². The first-order valence-electron chi connectivity index (χ1n) is 11.4. The third-order valence-corrected chi connectivity index (χ3v) is 6.83. The Balaban J connectivity index is 1.39. The zero-order valence-electron chi connectivity index (χ0n) is 18.4. The Bertz CT molecular complexity index is 985. The van der Waals surface area contributed by atoms with Gasteiger partial charge in [0.15, 0.2) is 5.82 Å². The van der Waals surface area contributed by atoms with E-state index < -0.39 is 0 Å². The lowest BCUT2D eigenvalue weighted by atomic mass is 9.96. The number of fused-ring (bicyclic) bond motifs is 3. The molecule has 7 nitrogen and oxygen atoms in total. The maximum absolute atomic E-state index is 6.27. The molecule has 0 saturated heterocycles. The number of anilines is 1. The average molecular weight is 443 g/mol. The zero-order valence-corrected chi connectivity index (χ0v) is 19.2. The third kappa shape index (κ3) is 5.49. The second kappa shape index (κ2) is 11.1. The summed E-state index contributed by atoms with van der Waals surface area (Å²) in [5.74, 6) is 1.51. The van der Waals surface area contributed by atoms with Crippen LogP contribution in [0.5, 0.6) is 0 Å². The number of benzene rings is 1. The SMILES string of the molecule is COCCc1nc2c(N)nc3ccccc3c2n1CCCCNSNC1CCCCC1. The molecule has 0 bridgehead atoms. The summed E-state index contributed by atoms with van der Waals surface area (Å²) >= 11 is 1.67. The van der Waals surface area contributed by atoms with Crippen molar-refractivity contribution in [1.29, 1.82) is 0 Å². The number of ether oxygens (including phenoxy) is 1. The molecule has 4 rings (SSSR count). The van der Waals surface area contributed by atoms with Crippen molar-refractivity contribution in [3.63, 3.8) is 0 Å². The van der Waals surface area contributed by atoms with E-state index in [9.17, 15) is 0 Å². The van der Waals surface area contributed by atoms with E-state index in [1.807, 2.05) is 18.2 Å². The van der Waals surface area contributed by atoms with Gasteiger partial charge in [0.25, 0.3) is 0 Å². The van der Waals surface area contributed by atoms with Crippen LogP contribution in [-0.2, 0) is 17.7 Å². The first-order valence-corrected chi connectivity index (χ1v) is 12.3. The monoisotopic (exact) mass is 442 g/mol. The van der Waals surface area contributed by atoms with Gasteiger partial charge in [0.2, 0.25) is 0 Å². The Hall–Kier alpha value is -1.87. The molecule has 2 aromatic heterocycles. The predicted octanol–water partition coefficient (Wildman–Crippen LogP) is 4.21. The maximum Gasteiger partial charge on any atom is 0.152 e. The Morgan fingerprint density at radius 2 is 2.00 bits per heavy atom. The second-order valence-electron chi connectivity index (χ2n) is 8.29. The quantitative estimate of drug-likeness (QED) is 0.303. The van der Waals surface area contributed by atoms with Crippen LogP contribution in [0.3, 0.4) is 0 Å². The van der Waals surface area contributed by atoms with E-state index >= 15 is 0 Å². The summed E-state index contributed by atoms with van der Waals surface area (Å²) in [6.45, 7) is 2.53. The number of nitrogens with one attached hydrogen (secondary N) is 2. The van der Waals surface area contributed by atoms with E-state index in [-0.39, 0.29) is 0 Å². The lowest BCUT2D eigenvalue weighted by Crippen LogP contribution is -2.28. The summed E-state index contributed by atoms with van der Waals surface area (Å²) in [7, 11) is 1.73. The minimum absolute atomic E-state index is 0.498. The summed E-state index contributed by atoms with van der Waals surface area (Å²) in [6.07, 6.45) is 9.65. The topological polar surface area (TPSA) is 90.0 Å². The molecule has 1 fully saturated rings. The van der Waals surface area contributed by atoms with Crippen LogP contribution in [0.25, 0.3) is 21.9 Å². The van der Waals surface area contributed by atoms with Gasteiger partial charge in [-0.1, -0.05) is 37.5 Å². The molecule has 31 heavy (non-hydrogen) atoms. The van der Waals surface area contributed by atoms with E-state index in [0.717, 1.165) is 60.1 Å². The van der Waals surface area contributed by atoms with Crippen molar-refractivity contribution in [1.82, 2.24) is 24.0 Å². The second-order valence-corrected chi connectivity index (χ2v) is 9.02. The molecule has 168 valence electrons. The van der Waals surface area contributed by atoms with Gasteiger partial charge in [0.05, 0.1) is 17.6 Å². The van der Waals surface area contributed by atoms with Crippen LogP contribution >= 0.6 is 12.1 Å². The lowest BCUT2D eigenvalue weighted by Gasteiger charge is -2.22. The number of nitrogens with zero attached hydrogens (tertiary/aromatic N) is 3. The van der Waals surface area contributed by atoms with Gasteiger partial charge < -0.3 is 15.0 Å². The van der Waals surface area contributed by atoms with E-state index in [2.05, 4.69) is 25.1 Å². The number of aryl methyl sites for hydroxylation is 1. The number of imidazole rings is 1. The summed E-state index contributed by atoms with van der Waals surface area (Å²) in [5.41, 5.74) is 9.08. The largest absolute Gasteiger partial charge is 0.384 e. The third-order valence-electron chi connectivity index (χ3n) is 6.03. The fraction of sp³-hybridized carbons (Fsp3) is 0.565. The number of rotatable bonds is 11. The highest BCUT2D eigenvalue weighted by Gasteiger charge is 2.17. The standard InChI is InChI=1S/C23H34N6OS/c1-30-16-13-20-27-21-22(18-11-5-6-12-19(18)26-23(21)24)29(20)15-8-7-14-25-31-28-17-9-3-2-4-10-17/h5-6,11-12,17,25,28H,2-4,7-10,13-16H2,1H3,(H2,24,26). The van der Waals surface area contributed by atoms with Crippen LogP contribution in [0.15, 0.2) is 24.3 Å². The van der Waals surface area contributed by atoms with Crippen LogP contribution < -0.4 is 15.2 Å². The van der Waals surface area contributed by atoms with Crippen LogP contribution in [0, 0.1) is 0 Å². The fourth-order valence-electron chi connectivity index (χ4n) is 4.39. The van der Waals surface area contributed by atoms with Crippen LogP contribution in [0.1, 0.15) is 50.8 Å². The molecule has 0 unspecified atom stereocenters. The van der Waals surface area contributed by atoms with Crippen molar-refractivity contribution in [2.45, 2.75) is 64.0 Å². The summed E-state index contributed by atoms with van der Waals surface area (Å²) in [4.78, 5) is 9.40. The number of unbranched alkanes of at least 4 members (excludes halogenated alkanes) is 1. The van der Waals surface area contributed by atoms with Gasteiger partial charge in [-0.05, 0) is 31.7 Å². The van der Waals surface area contributed by atoms with Crippen molar-refractivity contribution in [2.24, 2.45) is 0 Å². The molecule has 4 N–H and O–H groups in total. The van der Waals surface area contributed by atoms with Crippen molar-refractivity contribution in [2.75, 3.05) is 26.0 Å². The van der Waals surface area contributed by atoms with E-state index in [1.54, 1.807) is 19.2 Å². The summed E-state index contributed by atoms with van der Waals surface area (Å²) in [5, 5.41) is 1.10. The molecule has 1 aromatic carbocycles. The molecule has 3 aromatic rings. The smallest absolute Gasteiger partial charge is 0.152 e. The van der Waals surface area contributed by atoms with Gasteiger partial charge in [-0.25, -0.2) is 14.7 Å². The molecule has 0 spiro atoms. The normalized spacial score (nSPS) is 15.3. The molecular weight excluding hydrogens is 408 g/mol. The van der Waals surface area contributed by atoms with Crippen molar-refractivity contribution >= 4 is 39.9 Å². The number of methoxy groups -OCH3 is 1. The average Bonchev–Trinajstić information content (AvgIpc) is 3.17. The molecular formula is C23H34N6OS. The number of pyridine rings is 1. The molecule has 1 aliphatic carbocycles. The minimum Gasteiger partial charge on any atom is -0.384 e.